The molecule has 0 fully saturated rings. The van der Waals surface area contributed by atoms with Gasteiger partial charge in [0, 0.05) is 25.7 Å². The van der Waals surface area contributed by atoms with Gasteiger partial charge in [0.2, 0.25) is 11.8 Å². The zero-order valence-corrected chi connectivity index (χ0v) is 15.1. The van der Waals surface area contributed by atoms with Crippen LogP contribution >= 0.6 is 0 Å². The molecule has 3 rings (SSSR count). The highest BCUT2D eigenvalue weighted by atomic mass is 19.1. The van der Waals surface area contributed by atoms with E-state index in [2.05, 4.69) is 6.07 Å². The average Bonchev–Trinajstić information content (AvgIpc) is 2.64. The van der Waals surface area contributed by atoms with E-state index in [0.717, 1.165) is 12.0 Å². The molecule has 1 aliphatic rings. The number of halogens is 1. The zero-order valence-electron chi connectivity index (χ0n) is 15.1. The number of hydrogen-bond acceptors (Lipinski definition) is 2. The van der Waals surface area contributed by atoms with E-state index in [0.29, 0.717) is 18.8 Å². The lowest BCUT2D eigenvalue weighted by molar-refractivity contribution is -0.133. The molecular formula is C21H23FN2O2. The normalized spacial score (nSPS) is 16.1. The van der Waals surface area contributed by atoms with Crippen molar-refractivity contribution in [3.8, 4) is 0 Å². The van der Waals surface area contributed by atoms with Crippen LogP contribution < -0.4 is 4.90 Å². The average molecular weight is 354 g/mol. The Bertz CT molecular complexity index is 804. The minimum Gasteiger partial charge on any atom is -0.335 e. The van der Waals surface area contributed by atoms with Crippen molar-refractivity contribution < 1.29 is 14.0 Å². The number of benzene rings is 2. The van der Waals surface area contributed by atoms with Gasteiger partial charge in [0.05, 0.1) is 12.5 Å². The van der Waals surface area contributed by atoms with Gasteiger partial charge in [0.15, 0.2) is 0 Å². The number of amides is 2. The highest BCUT2D eigenvalue weighted by Gasteiger charge is 2.32. The maximum atomic E-state index is 13.2. The fraction of sp³-hybridized carbons (Fsp3) is 0.333. The van der Waals surface area contributed by atoms with Crippen molar-refractivity contribution >= 4 is 17.5 Å². The minimum absolute atomic E-state index is 0.0258. The molecule has 0 aliphatic carbocycles. The van der Waals surface area contributed by atoms with Crippen LogP contribution in [0.4, 0.5) is 10.1 Å². The summed E-state index contributed by atoms with van der Waals surface area (Å²) in [6.45, 7) is 4.54. The Hall–Kier alpha value is -2.69. The van der Waals surface area contributed by atoms with Crippen LogP contribution in [0.2, 0.25) is 0 Å². The molecule has 2 aromatic carbocycles. The van der Waals surface area contributed by atoms with Gasteiger partial charge in [0.1, 0.15) is 5.82 Å². The summed E-state index contributed by atoms with van der Waals surface area (Å²) in [6.07, 6.45) is 1.01. The highest BCUT2D eigenvalue weighted by Crippen LogP contribution is 2.33. The van der Waals surface area contributed by atoms with Gasteiger partial charge in [0.25, 0.3) is 0 Å². The highest BCUT2D eigenvalue weighted by molar-refractivity contribution is 5.94. The van der Waals surface area contributed by atoms with E-state index >= 15 is 0 Å². The monoisotopic (exact) mass is 354 g/mol. The number of carbonyl (C=O) groups excluding carboxylic acids is 2. The molecule has 4 nitrogen and oxygen atoms in total. The Morgan fingerprint density at radius 1 is 1.15 bits per heavy atom. The summed E-state index contributed by atoms with van der Waals surface area (Å²) < 4.78 is 13.2. The Labute approximate surface area is 153 Å². The number of nitrogens with zero attached hydrogens (tertiary/aromatic N) is 2. The number of carbonyl (C=O) groups is 2. The maximum Gasteiger partial charge on any atom is 0.229 e. The predicted molar refractivity (Wildman–Crippen MR) is 99.3 cm³/mol. The van der Waals surface area contributed by atoms with Gasteiger partial charge < -0.3 is 9.80 Å². The number of rotatable bonds is 4. The third kappa shape index (κ3) is 3.62. The van der Waals surface area contributed by atoms with Crippen LogP contribution in [0.3, 0.4) is 0 Å². The van der Waals surface area contributed by atoms with Crippen molar-refractivity contribution in [2.24, 2.45) is 0 Å². The second-order valence-corrected chi connectivity index (χ2v) is 6.50. The maximum absolute atomic E-state index is 13.2. The van der Waals surface area contributed by atoms with E-state index < -0.39 is 0 Å². The fourth-order valence-corrected chi connectivity index (χ4v) is 3.65. The van der Waals surface area contributed by atoms with Crippen LogP contribution in [-0.4, -0.2) is 29.8 Å². The Morgan fingerprint density at radius 3 is 2.50 bits per heavy atom. The summed E-state index contributed by atoms with van der Waals surface area (Å²) in [7, 11) is 0. The van der Waals surface area contributed by atoms with Crippen molar-refractivity contribution in [1.29, 1.82) is 0 Å². The molecule has 0 saturated heterocycles. The van der Waals surface area contributed by atoms with E-state index in [1.165, 1.54) is 17.7 Å². The zero-order chi connectivity index (χ0) is 18.7. The lowest BCUT2D eigenvalue weighted by Crippen LogP contribution is -2.42. The van der Waals surface area contributed by atoms with Crippen molar-refractivity contribution in [2.75, 3.05) is 18.0 Å². The second kappa shape index (κ2) is 7.68. The molecule has 1 aliphatic heterocycles. The molecule has 26 heavy (non-hydrogen) atoms. The van der Waals surface area contributed by atoms with Gasteiger partial charge in [-0.3, -0.25) is 9.59 Å². The fourth-order valence-electron chi connectivity index (χ4n) is 3.65. The van der Waals surface area contributed by atoms with Crippen LogP contribution in [0.15, 0.2) is 48.5 Å². The van der Waals surface area contributed by atoms with E-state index in [9.17, 15) is 14.0 Å². The number of hydrogen-bond donors (Lipinski definition) is 0. The van der Waals surface area contributed by atoms with Crippen molar-refractivity contribution in [3.63, 3.8) is 0 Å². The lowest BCUT2D eigenvalue weighted by atomic mass is 9.90. The van der Waals surface area contributed by atoms with Crippen LogP contribution in [0.1, 0.15) is 37.4 Å². The molecule has 0 N–H and O–H groups in total. The summed E-state index contributed by atoms with van der Waals surface area (Å²) in [5, 5.41) is 0. The minimum atomic E-state index is -0.332. The number of fused-ring (bicyclic) bond motifs is 1. The van der Waals surface area contributed by atoms with Crippen LogP contribution in [0, 0.1) is 5.82 Å². The quantitative estimate of drug-likeness (QED) is 0.840. The van der Waals surface area contributed by atoms with E-state index in [1.54, 1.807) is 28.9 Å². The Kier molecular flexibility index (Phi) is 5.35. The number of anilines is 1. The molecule has 0 aromatic heterocycles. The molecule has 1 heterocycles. The first-order valence-corrected chi connectivity index (χ1v) is 8.92. The van der Waals surface area contributed by atoms with Crippen molar-refractivity contribution in [1.82, 2.24) is 4.90 Å². The van der Waals surface area contributed by atoms with Crippen molar-refractivity contribution in [3.05, 3.63) is 65.5 Å². The molecule has 0 bridgehead atoms. The van der Waals surface area contributed by atoms with Gasteiger partial charge >= 0.3 is 0 Å². The third-order valence-electron chi connectivity index (χ3n) is 4.94. The first-order chi connectivity index (χ1) is 12.5. The SMILES string of the molecule is CCN(C(=O)CC1c2ccccc2CCN1C(C)=O)c1ccc(F)cc1. The Morgan fingerprint density at radius 2 is 1.85 bits per heavy atom. The topological polar surface area (TPSA) is 40.6 Å². The molecule has 0 saturated carbocycles. The van der Waals surface area contributed by atoms with Gasteiger partial charge in [-0.15, -0.1) is 0 Å². The van der Waals surface area contributed by atoms with E-state index in [4.69, 9.17) is 0 Å². The molecule has 5 heteroatoms. The van der Waals surface area contributed by atoms with E-state index in [-0.39, 0.29) is 30.1 Å². The summed E-state index contributed by atoms with van der Waals surface area (Å²) in [6, 6.07) is 13.6. The third-order valence-corrected chi connectivity index (χ3v) is 4.94. The summed E-state index contributed by atoms with van der Waals surface area (Å²) >= 11 is 0. The van der Waals surface area contributed by atoms with Gasteiger partial charge in [-0.05, 0) is 48.7 Å². The lowest BCUT2D eigenvalue weighted by Gasteiger charge is -2.37. The first kappa shape index (κ1) is 18.1. The molecule has 1 unspecified atom stereocenters. The summed E-state index contributed by atoms with van der Waals surface area (Å²) in [4.78, 5) is 28.5. The van der Waals surface area contributed by atoms with Crippen LogP contribution in [-0.2, 0) is 16.0 Å². The summed E-state index contributed by atoms with van der Waals surface area (Å²) in [5.41, 5.74) is 2.89. The van der Waals surface area contributed by atoms with Crippen LogP contribution in [0.5, 0.6) is 0 Å². The molecule has 0 radical (unpaired) electrons. The van der Waals surface area contributed by atoms with Gasteiger partial charge in [-0.1, -0.05) is 24.3 Å². The second-order valence-electron chi connectivity index (χ2n) is 6.50. The van der Waals surface area contributed by atoms with E-state index in [1.807, 2.05) is 25.1 Å². The van der Waals surface area contributed by atoms with Crippen LogP contribution in [0.25, 0.3) is 0 Å². The van der Waals surface area contributed by atoms with Gasteiger partial charge in [-0.25, -0.2) is 4.39 Å². The predicted octanol–water partition coefficient (Wildman–Crippen LogP) is 3.71. The van der Waals surface area contributed by atoms with Gasteiger partial charge in [-0.2, -0.15) is 0 Å². The van der Waals surface area contributed by atoms with Crippen molar-refractivity contribution in [2.45, 2.75) is 32.7 Å². The molecule has 136 valence electrons. The standard InChI is InChI=1S/C21H23FN2O2/c1-3-23(18-10-8-17(22)9-11-18)21(26)14-20-19-7-5-4-6-16(19)12-13-24(20)15(2)25/h4-11,20H,3,12-14H2,1-2H3. The Balaban J connectivity index is 1.87. The molecule has 2 amide bonds. The molecular weight excluding hydrogens is 331 g/mol. The molecule has 0 spiro atoms. The molecule has 1 atom stereocenters. The summed E-state index contributed by atoms with van der Waals surface area (Å²) in [5.74, 6) is -0.435. The first-order valence-electron chi connectivity index (χ1n) is 8.92. The molecule has 2 aromatic rings. The smallest absolute Gasteiger partial charge is 0.229 e. The largest absolute Gasteiger partial charge is 0.335 e.